The number of guanidine groups is 1. The molecule has 0 bridgehead atoms. The number of aliphatic imine (C=N–C) groups is 1. The summed E-state index contributed by atoms with van der Waals surface area (Å²) >= 11 is 0. The second-order valence-corrected chi connectivity index (χ2v) is 7.15. The van der Waals surface area contributed by atoms with Crippen molar-refractivity contribution >= 4 is 29.9 Å². The molecule has 1 spiro atoms. The molecule has 3 rings (SSSR count). The van der Waals surface area contributed by atoms with Crippen LogP contribution in [0.15, 0.2) is 4.99 Å². The van der Waals surface area contributed by atoms with Crippen molar-refractivity contribution in [2.75, 3.05) is 33.4 Å². The van der Waals surface area contributed by atoms with Gasteiger partial charge in [-0.05, 0) is 46.0 Å². The van der Waals surface area contributed by atoms with E-state index in [-0.39, 0.29) is 24.0 Å². The summed E-state index contributed by atoms with van der Waals surface area (Å²) in [5, 5.41) is 3.76. The number of ether oxygens (including phenoxy) is 2. The van der Waals surface area contributed by atoms with E-state index in [1.54, 1.807) is 0 Å². The summed E-state index contributed by atoms with van der Waals surface area (Å²) in [7, 11) is 1.91. The van der Waals surface area contributed by atoms with Gasteiger partial charge in [0.05, 0.1) is 12.2 Å². The minimum atomic E-state index is 0. The molecule has 2 atom stereocenters. The molecule has 2 unspecified atom stereocenters. The molecule has 6 heteroatoms. The smallest absolute Gasteiger partial charge is 0.193 e. The van der Waals surface area contributed by atoms with Crippen LogP contribution in [0.25, 0.3) is 0 Å². The van der Waals surface area contributed by atoms with Crippen molar-refractivity contribution in [2.24, 2.45) is 10.4 Å². The van der Waals surface area contributed by atoms with Crippen LogP contribution in [0, 0.1) is 5.41 Å². The first kappa shape index (κ1) is 20.2. The van der Waals surface area contributed by atoms with E-state index in [4.69, 9.17) is 9.47 Å². The van der Waals surface area contributed by atoms with Crippen molar-refractivity contribution in [3.8, 4) is 0 Å². The molecule has 0 aromatic carbocycles. The SMILES string of the molecule is CCOC1CCN(C(=NC)NC2CC(OCC)C23CCC3)CC1.I. The summed E-state index contributed by atoms with van der Waals surface area (Å²) in [6, 6.07) is 0.538. The third kappa shape index (κ3) is 3.85. The number of nitrogens with one attached hydrogen (secondary N) is 1. The Morgan fingerprint density at radius 3 is 2.33 bits per heavy atom. The molecule has 2 saturated carbocycles. The molecule has 0 aromatic rings. The Hall–Kier alpha value is -0.0800. The molecule has 0 aromatic heterocycles. The second-order valence-electron chi connectivity index (χ2n) is 7.15. The van der Waals surface area contributed by atoms with E-state index < -0.39 is 0 Å². The maximum atomic E-state index is 5.96. The third-order valence-corrected chi connectivity index (χ3v) is 6.10. The molecule has 0 radical (unpaired) electrons. The Labute approximate surface area is 164 Å². The zero-order valence-electron chi connectivity index (χ0n) is 15.4. The lowest BCUT2D eigenvalue weighted by molar-refractivity contribution is -0.169. The molecule has 24 heavy (non-hydrogen) atoms. The van der Waals surface area contributed by atoms with Crippen molar-refractivity contribution in [1.29, 1.82) is 0 Å². The monoisotopic (exact) mass is 451 g/mol. The van der Waals surface area contributed by atoms with Crippen LogP contribution in [-0.2, 0) is 9.47 Å². The van der Waals surface area contributed by atoms with Crippen molar-refractivity contribution in [1.82, 2.24) is 10.2 Å². The standard InChI is InChI=1S/C18H33N3O2.HI/c1-4-22-14-7-11-21(12-8-14)17(19-3)20-15-13-16(23-5-2)18(15)9-6-10-18;/h14-16H,4-13H2,1-3H3,(H,19,20);1H. The van der Waals surface area contributed by atoms with Gasteiger partial charge in [-0.15, -0.1) is 24.0 Å². The lowest BCUT2D eigenvalue weighted by Gasteiger charge is -2.61. The second kappa shape index (κ2) is 9.03. The minimum Gasteiger partial charge on any atom is -0.378 e. The van der Waals surface area contributed by atoms with Crippen molar-refractivity contribution in [3.05, 3.63) is 0 Å². The first-order chi connectivity index (χ1) is 11.2. The molecule has 1 aliphatic heterocycles. The number of hydrogen-bond donors (Lipinski definition) is 1. The van der Waals surface area contributed by atoms with Gasteiger partial charge in [0.15, 0.2) is 5.96 Å². The van der Waals surface area contributed by atoms with E-state index in [9.17, 15) is 0 Å². The maximum absolute atomic E-state index is 5.96. The summed E-state index contributed by atoms with van der Waals surface area (Å²) in [4.78, 5) is 6.95. The highest BCUT2D eigenvalue weighted by Crippen LogP contribution is 2.57. The van der Waals surface area contributed by atoms with Crippen molar-refractivity contribution in [2.45, 2.75) is 70.6 Å². The molecular formula is C18H34IN3O2. The Morgan fingerprint density at radius 2 is 1.83 bits per heavy atom. The topological polar surface area (TPSA) is 46.1 Å². The van der Waals surface area contributed by atoms with Crippen LogP contribution in [0.1, 0.15) is 52.4 Å². The van der Waals surface area contributed by atoms with Crippen LogP contribution >= 0.6 is 24.0 Å². The van der Waals surface area contributed by atoms with Crippen molar-refractivity contribution < 1.29 is 9.47 Å². The van der Waals surface area contributed by atoms with Gasteiger partial charge in [0.25, 0.3) is 0 Å². The fraction of sp³-hybridized carbons (Fsp3) is 0.944. The first-order valence-electron chi connectivity index (χ1n) is 9.45. The van der Waals surface area contributed by atoms with Gasteiger partial charge in [-0.3, -0.25) is 4.99 Å². The molecule has 3 fully saturated rings. The van der Waals surface area contributed by atoms with Crippen LogP contribution in [-0.4, -0.2) is 62.5 Å². The molecule has 0 amide bonds. The lowest BCUT2D eigenvalue weighted by Crippen LogP contribution is -2.69. The minimum absolute atomic E-state index is 0. The predicted molar refractivity (Wildman–Crippen MR) is 108 cm³/mol. The van der Waals surface area contributed by atoms with Gasteiger partial charge < -0.3 is 19.7 Å². The molecule has 1 N–H and O–H groups in total. The fourth-order valence-electron chi connectivity index (χ4n) is 4.56. The van der Waals surface area contributed by atoms with Crippen LogP contribution in [0.3, 0.4) is 0 Å². The zero-order valence-corrected chi connectivity index (χ0v) is 17.8. The Kier molecular flexibility index (Phi) is 7.61. The number of piperidine rings is 1. The third-order valence-electron chi connectivity index (χ3n) is 6.10. The van der Waals surface area contributed by atoms with Gasteiger partial charge in [0, 0.05) is 44.8 Å². The molecule has 140 valence electrons. The summed E-state index contributed by atoms with van der Waals surface area (Å²) in [5.41, 5.74) is 0.385. The van der Waals surface area contributed by atoms with Gasteiger partial charge in [-0.1, -0.05) is 6.42 Å². The largest absolute Gasteiger partial charge is 0.378 e. The Morgan fingerprint density at radius 1 is 1.17 bits per heavy atom. The van der Waals surface area contributed by atoms with Gasteiger partial charge in [0.2, 0.25) is 0 Å². The van der Waals surface area contributed by atoms with Gasteiger partial charge in [-0.2, -0.15) is 0 Å². The molecule has 1 saturated heterocycles. The average Bonchev–Trinajstić information content (AvgIpc) is 2.50. The summed E-state index contributed by atoms with van der Waals surface area (Å²) < 4.78 is 11.7. The van der Waals surface area contributed by atoms with E-state index in [1.165, 1.54) is 19.3 Å². The number of nitrogens with zero attached hydrogens (tertiary/aromatic N) is 2. The highest BCUT2D eigenvalue weighted by Gasteiger charge is 2.59. The predicted octanol–water partition coefficient (Wildman–Crippen LogP) is 3.03. The van der Waals surface area contributed by atoms with E-state index in [2.05, 4.69) is 29.1 Å². The van der Waals surface area contributed by atoms with Crippen LogP contribution in [0.4, 0.5) is 0 Å². The average molecular weight is 451 g/mol. The van der Waals surface area contributed by atoms with E-state index in [0.29, 0.717) is 23.7 Å². The van der Waals surface area contributed by atoms with Crippen LogP contribution < -0.4 is 5.32 Å². The van der Waals surface area contributed by atoms with Crippen molar-refractivity contribution in [3.63, 3.8) is 0 Å². The van der Waals surface area contributed by atoms with Gasteiger partial charge >= 0.3 is 0 Å². The molecular weight excluding hydrogens is 417 g/mol. The normalized spacial score (nSPS) is 29.6. The Bertz CT molecular complexity index is 420. The number of likely N-dealkylation sites (tertiary alicyclic amines) is 1. The van der Waals surface area contributed by atoms with Gasteiger partial charge in [-0.25, -0.2) is 0 Å². The fourth-order valence-corrected chi connectivity index (χ4v) is 4.56. The quantitative estimate of drug-likeness (QED) is 0.397. The Balaban J connectivity index is 0.00000208. The van der Waals surface area contributed by atoms with Crippen LogP contribution in [0.5, 0.6) is 0 Å². The summed E-state index contributed by atoms with van der Waals surface area (Å²) in [5.74, 6) is 1.08. The summed E-state index contributed by atoms with van der Waals surface area (Å²) in [6.45, 7) is 7.92. The van der Waals surface area contributed by atoms with E-state index in [1.807, 2.05) is 7.05 Å². The number of hydrogen-bond acceptors (Lipinski definition) is 3. The highest BCUT2D eigenvalue weighted by molar-refractivity contribution is 14.0. The molecule has 5 nitrogen and oxygen atoms in total. The first-order valence-corrected chi connectivity index (χ1v) is 9.45. The zero-order chi connectivity index (χ0) is 16.3. The van der Waals surface area contributed by atoms with Crippen LogP contribution in [0.2, 0.25) is 0 Å². The number of rotatable bonds is 5. The number of halogens is 1. The summed E-state index contributed by atoms with van der Waals surface area (Å²) in [6.07, 6.45) is 8.18. The molecule has 2 aliphatic carbocycles. The maximum Gasteiger partial charge on any atom is 0.193 e. The highest BCUT2D eigenvalue weighted by atomic mass is 127. The van der Waals surface area contributed by atoms with E-state index in [0.717, 1.165) is 51.5 Å². The van der Waals surface area contributed by atoms with Gasteiger partial charge in [0.1, 0.15) is 0 Å². The van der Waals surface area contributed by atoms with E-state index >= 15 is 0 Å². The molecule has 1 heterocycles. The lowest BCUT2D eigenvalue weighted by atomic mass is 9.51. The molecule has 3 aliphatic rings.